The van der Waals surface area contributed by atoms with E-state index in [-0.39, 0.29) is 11.8 Å². The second-order valence-corrected chi connectivity index (χ2v) is 6.73. The predicted molar refractivity (Wildman–Crippen MR) is 110 cm³/mol. The Hall–Kier alpha value is -3.02. The third kappa shape index (κ3) is 5.74. The molecule has 0 aromatic heterocycles. The Kier molecular flexibility index (Phi) is 6.82. The number of ether oxygens (including phenoxy) is 1. The predicted octanol–water partition coefficient (Wildman–Crippen LogP) is 4.22. The minimum Gasteiger partial charge on any atom is -0.495 e. The van der Waals surface area contributed by atoms with Crippen molar-refractivity contribution in [1.82, 2.24) is 0 Å². The van der Waals surface area contributed by atoms with Crippen LogP contribution in [0.15, 0.2) is 42.5 Å². The molecule has 6 heteroatoms. The Morgan fingerprint density at radius 1 is 0.926 bits per heavy atom. The van der Waals surface area contributed by atoms with Gasteiger partial charge in [0.25, 0.3) is 0 Å². The van der Waals surface area contributed by atoms with E-state index in [0.29, 0.717) is 23.0 Å². The van der Waals surface area contributed by atoms with Crippen molar-refractivity contribution in [2.24, 2.45) is 0 Å². The fourth-order valence-electron chi connectivity index (χ4n) is 2.60. The van der Waals surface area contributed by atoms with Crippen LogP contribution in [0.25, 0.3) is 0 Å². The molecule has 0 heterocycles. The van der Waals surface area contributed by atoms with Crippen molar-refractivity contribution >= 4 is 28.9 Å². The van der Waals surface area contributed by atoms with Crippen molar-refractivity contribution in [1.29, 1.82) is 0 Å². The first-order valence-corrected chi connectivity index (χ1v) is 8.93. The molecule has 0 aliphatic heterocycles. The van der Waals surface area contributed by atoms with Crippen LogP contribution in [0.1, 0.15) is 39.2 Å². The topological polar surface area (TPSA) is 79.5 Å². The average Bonchev–Trinajstić information content (AvgIpc) is 2.61. The van der Waals surface area contributed by atoms with Crippen molar-refractivity contribution < 1.29 is 14.3 Å². The number of nitrogens with one attached hydrogen (secondary N) is 3. The van der Waals surface area contributed by atoms with Crippen molar-refractivity contribution in [3.63, 3.8) is 0 Å². The largest absolute Gasteiger partial charge is 0.495 e. The van der Waals surface area contributed by atoms with Gasteiger partial charge in [-0.25, -0.2) is 0 Å². The molecular weight excluding hydrogens is 342 g/mol. The van der Waals surface area contributed by atoms with Crippen molar-refractivity contribution in [2.75, 3.05) is 23.1 Å². The summed E-state index contributed by atoms with van der Waals surface area (Å²) in [7, 11) is 1.56. The van der Waals surface area contributed by atoms with Gasteiger partial charge < -0.3 is 20.7 Å². The van der Waals surface area contributed by atoms with Crippen LogP contribution in [0.4, 0.5) is 17.1 Å². The van der Waals surface area contributed by atoms with Gasteiger partial charge in [0.15, 0.2) is 0 Å². The summed E-state index contributed by atoms with van der Waals surface area (Å²) in [5.41, 5.74) is 3.22. The number of carbonyl (C=O) groups is 2. The number of carbonyl (C=O) groups excluding carboxylic acids is 2. The highest BCUT2D eigenvalue weighted by Gasteiger charge is 2.16. The van der Waals surface area contributed by atoms with Crippen LogP contribution >= 0.6 is 0 Å². The van der Waals surface area contributed by atoms with Crippen LogP contribution in [-0.2, 0) is 9.59 Å². The zero-order valence-corrected chi connectivity index (χ0v) is 16.4. The molecule has 0 unspecified atom stereocenters. The molecule has 0 aliphatic rings. The van der Waals surface area contributed by atoms with Crippen LogP contribution in [0.3, 0.4) is 0 Å². The Morgan fingerprint density at radius 3 is 2.11 bits per heavy atom. The summed E-state index contributed by atoms with van der Waals surface area (Å²) in [6.07, 6.45) is 0. The molecule has 27 heavy (non-hydrogen) atoms. The van der Waals surface area contributed by atoms with E-state index in [1.807, 2.05) is 24.3 Å². The summed E-state index contributed by atoms with van der Waals surface area (Å²) in [4.78, 5) is 23.8. The lowest BCUT2D eigenvalue weighted by atomic mass is 10.0. The van der Waals surface area contributed by atoms with Crippen molar-refractivity contribution in [3.8, 4) is 5.75 Å². The highest BCUT2D eigenvalue weighted by molar-refractivity contribution is 5.96. The standard InChI is InChI=1S/C21H27N3O3/c1-13(2)16-6-8-17(9-7-16)24-21(26)14(3)22-19-12-18(23-15(4)25)10-11-20(19)27-5/h6-14,22H,1-5H3,(H,23,25)(H,24,26)/t14-/m0/s1. The number of amides is 2. The summed E-state index contributed by atoms with van der Waals surface area (Å²) in [6.45, 7) is 7.46. The molecular formula is C21H27N3O3. The molecule has 0 fully saturated rings. The summed E-state index contributed by atoms with van der Waals surface area (Å²) in [5.74, 6) is 0.699. The fourth-order valence-corrected chi connectivity index (χ4v) is 2.60. The lowest BCUT2D eigenvalue weighted by molar-refractivity contribution is -0.116. The van der Waals surface area contributed by atoms with E-state index in [4.69, 9.17) is 4.74 Å². The molecule has 0 spiro atoms. The van der Waals surface area contributed by atoms with Crippen molar-refractivity contribution in [2.45, 2.75) is 39.7 Å². The van der Waals surface area contributed by atoms with E-state index in [2.05, 4.69) is 29.8 Å². The molecule has 0 radical (unpaired) electrons. The molecule has 1 atom stereocenters. The summed E-state index contributed by atoms with van der Waals surface area (Å²) >= 11 is 0. The van der Waals surface area contributed by atoms with Crippen LogP contribution in [0, 0.1) is 0 Å². The maximum atomic E-state index is 12.5. The Bertz CT molecular complexity index is 801. The monoisotopic (exact) mass is 369 g/mol. The van der Waals surface area contributed by atoms with Crippen LogP contribution < -0.4 is 20.7 Å². The Labute approximate surface area is 160 Å². The summed E-state index contributed by atoms with van der Waals surface area (Å²) < 4.78 is 5.33. The maximum Gasteiger partial charge on any atom is 0.246 e. The van der Waals surface area contributed by atoms with Gasteiger partial charge in [-0.15, -0.1) is 0 Å². The highest BCUT2D eigenvalue weighted by atomic mass is 16.5. The third-order valence-electron chi connectivity index (χ3n) is 4.13. The van der Waals surface area contributed by atoms with Gasteiger partial charge in [0.2, 0.25) is 11.8 Å². The second-order valence-electron chi connectivity index (χ2n) is 6.73. The zero-order valence-electron chi connectivity index (χ0n) is 16.4. The molecule has 0 aliphatic carbocycles. The highest BCUT2D eigenvalue weighted by Crippen LogP contribution is 2.28. The lowest BCUT2D eigenvalue weighted by Gasteiger charge is -2.18. The molecule has 0 saturated heterocycles. The van der Waals surface area contributed by atoms with Gasteiger partial charge in [-0.05, 0) is 48.7 Å². The van der Waals surface area contributed by atoms with Crippen LogP contribution in [0.5, 0.6) is 5.75 Å². The molecule has 0 bridgehead atoms. The normalized spacial score (nSPS) is 11.6. The van der Waals surface area contributed by atoms with Gasteiger partial charge in [0, 0.05) is 18.3 Å². The third-order valence-corrected chi connectivity index (χ3v) is 4.13. The van der Waals surface area contributed by atoms with E-state index in [1.165, 1.54) is 12.5 Å². The average molecular weight is 369 g/mol. The Morgan fingerprint density at radius 2 is 1.56 bits per heavy atom. The number of hydrogen-bond acceptors (Lipinski definition) is 4. The summed E-state index contributed by atoms with van der Waals surface area (Å²) in [6, 6.07) is 12.5. The molecule has 3 N–H and O–H groups in total. The zero-order chi connectivity index (χ0) is 20.0. The molecule has 0 saturated carbocycles. The van der Waals surface area contributed by atoms with E-state index >= 15 is 0 Å². The number of benzene rings is 2. The van der Waals surface area contributed by atoms with Crippen LogP contribution in [0.2, 0.25) is 0 Å². The van der Waals surface area contributed by atoms with Crippen LogP contribution in [-0.4, -0.2) is 25.0 Å². The van der Waals surface area contributed by atoms with E-state index in [9.17, 15) is 9.59 Å². The second kappa shape index (κ2) is 9.07. The lowest BCUT2D eigenvalue weighted by Crippen LogP contribution is -2.32. The number of hydrogen-bond donors (Lipinski definition) is 3. The van der Waals surface area contributed by atoms with Crippen molar-refractivity contribution in [3.05, 3.63) is 48.0 Å². The minimum atomic E-state index is -0.503. The number of anilines is 3. The van der Waals surface area contributed by atoms with Gasteiger partial charge in [0.05, 0.1) is 12.8 Å². The molecule has 6 nitrogen and oxygen atoms in total. The first-order valence-electron chi connectivity index (χ1n) is 8.93. The van der Waals surface area contributed by atoms with Gasteiger partial charge in [-0.3, -0.25) is 9.59 Å². The molecule has 2 aromatic carbocycles. The van der Waals surface area contributed by atoms with Gasteiger partial charge in [-0.2, -0.15) is 0 Å². The number of rotatable bonds is 7. The van der Waals surface area contributed by atoms with Gasteiger partial charge >= 0.3 is 0 Å². The van der Waals surface area contributed by atoms with Gasteiger partial charge in [-0.1, -0.05) is 26.0 Å². The first kappa shape index (κ1) is 20.3. The molecule has 2 rings (SSSR count). The summed E-state index contributed by atoms with van der Waals surface area (Å²) in [5, 5.41) is 8.75. The van der Waals surface area contributed by atoms with Gasteiger partial charge in [0.1, 0.15) is 11.8 Å². The first-order chi connectivity index (χ1) is 12.8. The molecule has 2 aromatic rings. The Balaban J connectivity index is 2.07. The van der Waals surface area contributed by atoms with E-state index < -0.39 is 6.04 Å². The fraction of sp³-hybridized carbons (Fsp3) is 0.333. The molecule has 2 amide bonds. The van der Waals surface area contributed by atoms with E-state index in [1.54, 1.807) is 32.2 Å². The SMILES string of the molecule is COc1ccc(NC(C)=O)cc1N[C@@H](C)C(=O)Nc1ccc(C(C)C)cc1. The minimum absolute atomic E-state index is 0.165. The van der Waals surface area contributed by atoms with E-state index in [0.717, 1.165) is 5.69 Å². The smallest absolute Gasteiger partial charge is 0.246 e. The number of methoxy groups -OCH3 is 1. The quantitative estimate of drug-likeness (QED) is 0.683. The maximum absolute atomic E-state index is 12.5. The molecule has 144 valence electrons.